The molecule has 19 heavy (non-hydrogen) atoms. The van der Waals surface area contributed by atoms with E-state index < -0.39 is 0 Å². The van der Waals surface area contributed by atoms with Crippen LogP contribution in [-0.2, 0) is 0 Å². The van der Waals surface area contributed by atoms with Crippen molar-refractivity contribution in [2.75, 3.05) is 26.7 Å². The molecule has 0 saturated carbocycles. The summed E-state index contributed by atoms with van der Waals surface area (Å²) in [4.78, 5) is 7.16. The highest BCUT2D eigenvalue weighted by atomic mass is 16.5. The number of hydrogen-bond donors (Lipinski definition) is 1. The fourth-order valence-electron chi connectivity index (χ4n) is 3.07. The third-order valence-corrected chi connectivity index (χ3v) is 3.93. The van der Waals surface area contributed by atoms with Gasteiger partial charge in [-0.2, -0.15) is 0 Å². The number of rotatable bonds is 5. The third-order valence-electron chi connectivity index (χ3n) is 3.93. The Balaban J connectivity index is 2.27. The molecular formula is C15H25N3O. The molecule has 0 aromatic carbocycles. The topological polar surface area (TPSA) is 51.4 Å². The first-order valence-corrected chi connectivity index (χ1v) is 7.25. The summed E-state index contributed by atoms with van der Waals surface area (Å²) in [5, 5.41) is 0. The first-order valence-electron chi connectivity index (χ1n) is 7.25. The van der Waals surface area contributed by atoms with Gasteiger partial charge in [0.2, 0.25) is 5.88 Å². The maximum atomic E-state index is 5.97. The van der Waals surface area contributed by atoms with Gasteiger partial charge < -0.3 is 10.5 Å². The maximum absolute atomic E-state index is 5.97. The van der Waals surface area contributed by atoms with E-state index in [-0.39, 0.29) is 0 Å². The SMILES string of the molecule is CCCN1CCCC(CN)C1c1cccc(OC)n1. The van der Waals surface area contributed by atoms with Crippen molar-refractivity contribution >= 4 is 0 Å². The van der Waals surface area contributed by atoms with Gasteiger partial charge in [0.1, 0.15) is 0 Å². The van der Waals surface area contributed by atoms with Gasteiger partial charge in [0, 0.05) is 6.07 Å². The zero-order valence-electron chi connectivity index (χ0n) is 12.0. The molecule has 2 rings (SSSR count). The third kappa shape index (κ3) is 3.25. The summed E-state index contributed by atoms with van der Waals surface area (Å²) in [6.45, 7) is 5.21. The van der Waals surface area contributed by atoms with Crippen molar-refractivity contribution in [3.63, 3.8) is 0 Å². The standard InChI is InChI=1S/C15H25N3O/c1-3-9-18-10-5-6-12(11-16)15(18)13-7-4-8-14(17-13)19-2/h4,7-8,12,15H,3,5-6,9-11,16H2,1-2H3. The Morgan fingerprint density at radius 3 is 3.00 bits per heavy atom. The predicted molar refractivity (Wildman–Crippen MR) is 77.2 cm³/mol. The molecule has 1 aromatic rings. The average Bonchev–Trinajstić information content (AvgIpc) is 2.47. The normalized spacial score (nSPS) is 24.4. The van der Waals surface area contributed by atoms with E-state index in [4.69, 9.17) is 10.5 Å². The molecule has 2 unspecified atom stereocenters. The van der Waals surface area contributed by atoms with E-state index in [0.29, 0.717) is 17.8 Å². The molecule has 1 aliphatic rings. The highest BCUT2D eigenvalue weighted by Gasteiger charge is 2.32. The van der Waals surface area contributed by atoms with E-state index >= 15 is 0 Å². The van der Waals surface area contributed by atoms with Gasteiger partial charge in [0.25, 0.3) is 0 Å². The largest absolute Gasteiger partial charge is 0.481 e. The second-order valence-electron chi connectivity index (χ2n) is 5.22. The van der Waals surface area contributed by atoms with Crippen LogP contribution in [0.25, 0.3) is 0 Å². The molecule has 4 nitrogen and oxygen atoms in total. The van der Waals surface area contributed by atoms with Crippen molar-refractivity contribution in [2.45, 2.75) is 32.2 Å². The van der Waals surface area contributed by atoms with Crippen LogP contribution >= 0.6 is 0 Å². The molecule has 4 heteroatoms. The minimum Gasteiger partial charge on any atom is -0.481 e. The Morgan fingerprint density at radius 2 is 2.32 bits per heavy atom. The molecule has 0 bridgehead atoms. The van der Waals surface area contributed by atoms with Crippen LogP contribution in [0.15, 0.2) is 18.2 Å². The molecule has 1 aliphatic heterocycles. The number of hydrogen-bond acceptors (Lipinski definition) is 4. The number of likely N-dealkylation sites (tertiary alicyclic amines) is 1. The molecule has 0 aliphatic carbocycles. The second-order valence-corrected chi connectivity index (χ2v) is 5.22. The van der Waals surface area contributed by atoms with Gasteiger partial charge in [-0.15, -0.1) is 0 Å². The van der Waals surface area contributed by atoms with Crippen molar-refractivity contribution in [1.29, 1.82) is 0 Å². The highest BCUT2D eigenvalue weighted by Crippen LogP contribution is 2.35. The summed E-state index contributed by atoms with van der Waals surface area (Å²) in [6.07, 6.45) is 3.60. The fourth-order valence-corrected chi connectivity index (χ4v) is 3.07. The minimum absolute atomic E-state index is 0.341. The van der Waals surface area contributed by atoms with Gasteiger partial charge in [0.15, 0.2) is 0 Å². The number of methoxy groups -OCH3 is 1. The molecule has 2 heterocycles. The molecule has 0 radical (unpaired) electrons. The Labute approximate surface area is 116 Å². The fraction of sp³-hybridized carbons (Fsp3) is 0.667. The maximum Gasteiger partial charge on any atom is 0.213 e. The lowest BCUT2D eigenvalue weighted by molar-refractivity contribution is 0.0926. The van der Waals surface area contributed by atoms with E-state index in [1.165, 1.54) is 12.8 Å². The van der Waals surface area contributed by atoms with Gasteiger partial charge in [0.05, 0.1) is 18.8 Å². The van der Waals surface area contributed by atoms with Gasteiger partial charge in [-0.3, -0.25) is 4.90 Å². The molecule has 1 fully saturated rings. The monoisotopic (exact) mass is 263 g/mol. The van der Waals surface area contributed by atoms with E-state index in [2.05, 4.69) is 22.9 Å². The molecule has 106 valence electrons. The number of piperidine rings is 1. The number of nitrogens with zero attached hydrogens (tertiary/aromatic N) is 2. The average molecular weight is 263 g/mol. The molecular weight excluding hydrogens is 238 g/mol. The van der Waals surface area contributed by atoms with E-state index in [1.807, 2.05) is 12.1 Å². The molecule has 0 amide bonds. The van der Waals surface area contributed by atoms with Crippen LogP contribution in [0, 0.1) is 5.92 Å². The van der Waals surface area contributed by atoms with Gasteiger partial charge in [-0.05, 0) is 50.9 Å². The van der Waals surface area contributed by atoms with Crippen molar-refractivity contribution in [2.24, 2.45) is 11.7 Å². The van der Waals surface area contributed by atoms with Crippen molar-refractivity contribution in [1.82, 2.24) is 9.88 Å². The Hall–Kier alpha value is -1.13. The summed E-state index contributed by atoms with van der Waals surface area (Å²) < 4.78 is 5.25. The first-order chi connectivity index (χ1) is 9.30. The lowest BCUT2D eigenvalue weighted by atomic mass is 9.86. The molecule has 1 saturated heterocycles. The van der Waals surface area contributed by atoms with Crippen LogP contribution in [-0.4, -0.2) is 36.6 Å². The van der Waals surface area contributed by atoms with Crippen LogP contribution in [0.3, 0.4) is 0 Å². The zero-order valence-corrected chi connectivity index (χ0v) is 12.0. The lowest BCUT2D eigenvalue weighted by Gasteiger charge is -2.40. The van der Waals surface area contributed by atoms with E-state index in [1.54, 1.807) is 7.11 Å². The Morgan fingerprint density at radius 1 is 1.47 bits per heavy atom. The van der Waals surface area contributed by atoms with Crippen molar-refractivity contribution in [3.8, 4) is 5.88 Å². The summed E-state index contributed by atoms with van der Waals surface area (Å²) in [5.41, 5.74) is 7.07. The van der Waals surface area contributed by atoms with Crippen molar-refractivity contribution < 1.29 is 4.74 Å². The molecule has 2 atom stereocenters. The summed E-state index contributed by atoms with van der Waals surface area (Å²) >= 11 is 0. The van der Waals surface area contributed by atoms with Crippen LogP contribution < -0.4 is 10.5 Å². The quantitative estimate of drug-likeness (QED) is 0.885. The Kier molecular flexibility index (Phi) is 5.16. The molecule has 2 N–H and O–H groups in total. The van der Waals surface area contributed by atoms with Gasteiger partial charge >= 0.3 is 0 Å². The van der Waals surface area contributed by atoms with Gasteiger partial charge in [-0.1, -0.05) is 13.0 Å². The van der Waals surface area contributed by atoms with Gasteiger partial charge in [-0.25, -0.2) is 4.98 Å². The van der Waals surface area contributed by atoms with Crippen molar-refractivity contribution in [3.05, 3.63) is 23.9 Å². The van der Waals surface area contributed by atoms with Crippen LogP contribution in [0.1, 0.15) is 37.9 Å². The van der Waals surface area contributed by atoms with E-state index in [0.717, 1.165) is 31.7 Å². The summed E-state index contributed by atoms with van der Waals surface area (Å²) in [7, 11) is 1.66. The van der Waals surface area contributed by atoms with Crippen LogP contribution in [0.2, 0.25) is 0 Å². The smallest absolute Gasteiger partial charge is 0.213 e. The number of pyridine rings is 1. The molecule has 1 aromatic heterocycles. The number of ether oxygens (including phenoxy) is 1. The lowest BCUT2D eigenvalue weighted by Crippen LogP contribution is -2.42. The number of aromatic nitrogens is 1. The minimum atomic E-state index is 0.341. The first kappa shape index (κ1) is 14.3. The summed E-state index contributed by atoms with van der Waals surface area (Å²) in [5.74, 6) is 1.19. The van der Waals surface area contributed by atoms with Crippen LogP contribution in [0.4, 0.5) is 0 Å². The van der Waals surface area contributed by atoms with Crippen LogP contribution in [0.5, 0.6) is 5.88 Å². The molecule has 0 spiro atoms. The number of nitrogens with two attached hydrogens (primary N) is 1. The predicted octanol–water partition coefficient (Wildman–Crippen LogP) is 2.21. The second kappa shape index (κ2) is 6.87. The zero-order chi connectivity index (χ0) is 13.7. The summed E-state index contributed by atoms with van der Waals surface area (Å²) in [6, 6.07) is 6.36. The Bertz CT molecular complexity index is 395. The highest BCUT2D eigenvalue weighted by molar-refractivity contribution is 5.19. The van der Waals surface area contributed by atoms with E-state index in [9.17, 15) is 0 Å².